The number of carbonyl (C=O) groups is 2. The van der Waals surface area contributed by atoms with Crippen LogP contribution < -0.4 is 0 Å². The lowest BCUT2D eigenvalue weighted by atomic mass is 10.1. The molecule has 1 aliphatic rings. The minimum Gasteiger partial charge on any atom is -0.424 e. The normalized spacial score (nSPS) is 13.7. The lowest BCUT2D eigenvalue weighted by Gasteiger charge is -2.15. The van der Waals surface area contributed by atoms with E-state index in [1.54, 1.807) is 17.3 Å². The molecule has 0 radical (unpaired) electrons. The zero-order chi connectivity index (χ0) is 21.0. The van der Waals surface area contributed by atoms with E-state index in [0.29, 0.717) is 12.0 Å². The molecule has 0 N–H and O–H groups in total. The van der Waals surface area contributed by atoms with Crippen LogP contribution in [0.25, 0.3) is 10.9 Å². The zero-order valence-electron chi connectivity index (χ0n) is 17.3. The maximum absolute atomic E-state index is 12.6. The highest BCUT2D eigenvalue weighted by Crippen LogP contribution is 2.24. The topological polar surface area (TPSA) is 64.0 Å². The van der Waals surface area contributed by atoms with E-state index < -0.39 is 18.9 Å². The smallest absolute Gasteiger partial charge is 0.421 e. The minimum atomic E-state index is -0.572. The van der Waals surface area contributed by atoms with Gasteiger partial charge in [-0.2, -0.15) is 0 Å². The van der Waals surface area contributed by atoms with E-state index in [0.717, 1.165) is 35.0 Å². The van der Waals surface area contributed by atoms with Crippen LogP contribution in [0.1, 0.15) is 17.5 Å². The molecule has 0 aliphatic carbocycles. The Hall–Kier alpha value is -3.06. The molecule has 0 atom stereocenters. The molecule has 29 heavy (non-hydrogen) atoms. The van der Waals surface area contributed by atoms with Gasteiger partial charge in [0.1, 0.15) is 0 Å². The second kappa shape index (κ2) is 8.96. The molecule has 1 aromatic heterocycles. The zero-order valence-corrected chi connectivity index (χ0v) is 17.3. The fourth-order valence-corrected chi connectivity index (χ4v) is 3.23. The molecule has 0 spiro atoms. The highest BCUT2D eigenvalue weighted by atomic mass is 16.7. The third-order valence-corrected chi connectivity index (χ3v) is 4.74. The van der Waals surface area contributed by atoms with Crippen molar-refractivity contribution in [3.8, 4) is 0 Å². The van der Waals surface area contributed by atoms with E-state index in [4.69, 9.17) is 9.47 Å². The molecule has 0 unspecified atom stereocenters. The number of fused-ring (bicyclic) bond motifs is 1. The van der Waals surface area contributed by atoms with Gasteiger partial charge in [0.05, 0.1) is 11.1 Å². The monoisotopic (exact) mass is 397 g/mol. The van der Waals surface area contributed by atoms with Gasteiger partial charge in [-0.25, -0.2) is 9.59 Å². The molecule has 0 amide bonds. The molecule has 7 heteroatoms. The number of carbonyl (C=O) groups excluding carboxylic acids is 2. The highest BCUT2D eigenvalue weighted by molar-refractivity contribution is 5.92. The maximum Gasteiger partial charge on any atom is 0.421 e. The van der Waals surface area contributed by atoms with Crippen molar-refractivity contribution in [1.29, 1.82) is 0 Å². The second-order valence-corrected chi connectivity index (χ2v) is 7.47. The van der Waals surface area contributed by atoms with Crippen molar-refractivity contribution < 1.29 is 19.1 Å². The molecule has 0 fully saturated rings. The number of aryl methyl sites for hydroxylation is 1. The number of esters is 1. The number of benzene rings is 1. The predicted molar refractivity (Wildman–Crippen MR) is 111 cm³/mol. The average molecular weight is 397 g/mol. The first-order valence-corrected chi connectivity index (χ1v) is 9.54. The Balaban J connectivity index is 1.68. The van der Waals surface area contributed by atoms with E-state index in [2.05, 4.69) is 11.0 Å². The quantitative estimate of drug-likeness (QED) is 0.551. The van der Waals surface area contributed by atoms with Gasteiger partial charge in [-0.15, -0.1) is 0 Å². The van der Waals surface area contributed by atoms with Crippen LogP contribution in [0, 0.1) is 6.92 Å². The number of rotatable bonds is 6. The summed E-state index contributed by atoms with van der Waals surface area (Å²) < 4.78 is 11.8. The van der Waals surface area contributed by atoms with Gasteiger partial charge in [0, 0.05) is 37.8 Å². The Bertz CT molecular complexity index is 972. The third-order valence-electron chi connectivity index (χ3n) is 4.74. The Kier molecular flexibility index (Phi) is 6.39. The first-order valence-electron chi connectivity index (χ1n) is 9.54. The van der Waals surface area contributed by atoms with Crippen LogP contribution in [0.15, 0.2) is 48.4 Å². The molecule has 154 valence electrons. The summed E-state index contributed by atoms with van der Waals surface area (Å²) in [5, 5.41) is 1.03. The van der Waals surface area contributed by atoms with Gasteiger partial charge in [-0.3, -0.25) is 4.57 Å². The van der Waals surface area contributed by atoms with Gasteiger partial charge in [-0.1, -0.05) is 17.7 Å². The van der Waals surface area contributed by atoms with Crippen LogP contribution in [-0.4, -0.2) is 60.9 Å². The highest BCUT2D eigenvalue weighted by Gasteiger charge is 2.17. The molecule has 0 bridgehead atoms. The first-order chi connectivity index (χ1) is 13.8. The van der Waals surface area contributed by atoms with Crippen LogP contribution in [0.3, 0.4) is 0 Å². The largest absolute Gasteiger partial charge is 0.424 e. The lowest BCUT2D eigenvalue weighted by Crippen LogP contribution is -2.19. The molecule has 1 aliphatic heterocycles. The fraction of sp³-hybridized carbons (Fsp3) is 0.364. The standard InChI is InChI=1S/C22H27N3O4/c1-16-7-8-20-19(12-16)17(9-11-23(2)3)14-25(20)22(27)29-15-28-21(26)18-6-5-10-24(4)13-18/h5,7-8,10,12-14H,6,9,11,15H2,1-4H3. The fourth-order valence-electron chi connectivity index (χ4n) is 3.23. The molecule has 0 saturated heterocycles. The van der Waals surface area contributed by atoms with Gasteiger partial charge in [-0.05, 0) is 51.3 Å². The van der Waals surface area contributed by atoms with Gasteiger partial charge in [0.15, 0.2) is 0 Å². The van der Waals surface area contributed by atoms with E-state index in [9.17, 15) is 9.59 Å². The number of hydrogen-bond donors (Lipinski definition) is 0. The van der Waals surface area contributed by atoms with Gasteiger partial charge in [0.2, 0.25) is 6.79 Å². The number of likely N-dealkylation sites (N-methyl/N-ethyl adjacent to an activating group) is 1. The Morgan fingerprint density at radius 3 is 2.72 bits per heavy atom. The van der Waals surface area contributed by atoms with Crippen LogP contribution in [0.5, 0.6) is 0 Å². The van der Waals surface area contributed by atoms with Gasteiger partial charge >= 0.3 is 12.1 Å². The van der Waals surface area contributed by atoms with Crippen molar-refractivity contribution >= 4 is 23.0 Å². The van der Waals surface area contributed by atoms with E-state index >= 15 is 0 Å². The summed E-state index contributed by atoms with van der Waals surface area (Å²) in [6.07, 6.45) is 7.97. The van der Waals surface area contributed by atoms with Crippen molar-refractivity contribution in [2.24, 2.45) is 0 Å². The van der Waals surface area contributed by atoms with Crippen LogP contribution in [0.4, 0.5) is 4.79 Å². The summed E-state index contributed by atoms with van der Waals surface area (Å²) in [6.45, 7) is 2.47. The molecule has 2 heterocycles. The van der Waals surface area contributed by atoms with Crippen molar-refractivity contribution in [1.82, 2.24) is 14.4 Å². The second-order valence-electron chi connectivity index (χ2n) is 7.47. The van der Waals surface area contributed by atoms with Crippen molar-refractivity contribution in [2.75, 3.05) is 34.5 Å². The van der Waals surface area contributed by atoms with Crippen LogP contribution in [-0.2, 0) is 20.7 Å². The van der Waals surface area contributed by atoms with Crippen LogP contribution >= 0.6 is 0 Å². The SMILES string of the molecule is Cc1ccc2c(c1)c(CCN(C)C)cn2C(=O)OCOC(=O)C1=CN(C)C=CC1. The third kappa shape index (κ3) is 5.06. The Morgan fingerprint density at radius 1 is 1.21 bits per heavy atom. The van der Waals surface area contributed by atoms with Crippen molar-refractivity contribution in [2.45, 2.75) is 19.8 Å². The summed E-state index contributed by atoms with van der Waals surface area (Å²) in [4.78, 5) is 28.6. The summed E-state index contributed by atoms with van der Waals surface area (Å²) in [5.74, 6) is -0.492. The lowest BCUT2D eigenvalue weighted by molar-refractivity contribution is -0.147. The van der Waals surface area contributed by atoms with Gasteiger partial charge in [0.25, 0.3) is 0 Å². The molecule has 7 nitrogen and oxygen atoms in total. The molecule has 1 aromatic carbocycles. The molecule has 0 saturated carbocycles. The van der Waals surface area contributed by atoms with E-state index in [-0.39, 0.29) is 0 Å². The summed E-state index contributed by atoms with van der Waals surface area (Å²) in [5.41, 5.74) is 3.50. The molecular weight excluding hydrogens is 370 g/mol. The summed E-state index contributed by atoms with van der Waals surface area (Å²) in [7, 11) is 5.86. The average Bonchev–Trinajstić information content (AvgIpc) is 3.04. The van der Waals surface area contributed by atoms with Crippen molar-refractivity contribution in [3.63, 3.8) is 0 Å². The van der Waals surface area contributed by atoms with Gasteiger partial charge < -0.3 is 19.3 Å². The number of hydrogen-bond acceptors (Lipinski definition) is 6. The molecule has 2 aromatic rings. The number of nitrogens with zero attached hydrogens (tertiary/aromatic N) is 3. The maximum atomic E-state index is 12.6. The molecule has 3 rings (SSSR count). The first kappa shape index (κ1) is 20.7. The van der Waals surface area contributed by atoms with E-state index in [1.165, 1.54) is 4.57 Å². The summed E-state index contributed by atoms with van der Waals surface area (Å²) >= 11 is 0. The summed E-state index contributed by atoms with van der Waals surface area (Å²) in [6, 6.07) is 5.94. The number of ether oxygens (including phenoxy) is 2. The van der Waals surface area contributed by atoms with Crippen LogP contribution in [0.2, 0.25) is 0 Å². The predicted octanol–water partition coefficient (Wildman–Crippen LogP) is 3.27. The number of aromatic nitrogens is 1. The van der Waals surface area contributed by atoms with E-state index in [1.807, 2.05) is 52.5 Å². The Morgan fingerprint density at radius 2 is 2.00 bits per heavy atom. The Labute approximate surface area is 170 Å². The molecular formula is C22H27N3O4. The number of allylic oxidation sites excluding steroid dienone is 1. The minimum absolute atomic E-state index is 0.430. The van der Waals surface area contributed by atoms with Crippen molar-refractivity contribution in [3.05, 3.63) is 59.6 Å².